The van der Waals surface area contributed by atoms with Crippen molar-refractivity contribution in [3.63, 3.8) is 0 Å². The standard InChI is InChI=1S/C23H26F3N3O2S/c1-29(22(30)15-7-9-32(31)10-8-15)14-18-6-5-17(13-27-18)28-19-11-16-3-2-4-21(20(16)12-19)23(24,25)26/h2-6,13,15,19,28H,7-12,14H2,1H3. The second-order valence-corrected chi connectivity index (χ2v) is 10.2. The van der Waals surface area contributed by atoms with Gasteiger partial charge in [-0.15, -0.1) is 0 Å². The van der Waals surface area contributed by atoms with Crippen molar-refractivity contribution in [2.75, 3.05) is 23.9 Å². The quantitative estimate of drug-likeness (QED) is 0.683. The Labute approximate surface area is 188 Å². The molecular weight excluding hydrogens is 439 g/mol. The number of rotatable bonds is 5. The summed E-state index contributed by atoms with van der Waals surface area (Å²) in [5.74, 6) is 1.13. The summed E-state index contributed by atoms with van der Waals surface area (Å²) < 4.78 is 51.3. The van der Waals surface area contributed by atoms with Gasteiger partial charge in [0.15, 0.2) is 0 Å². The van der Waals surface area contributed by atoms with Crippen LogP contribution in [0.1, 0.15) is 35.2 Å². The monoisotopic (exact) mass is 465 g/mol. The van der Waals surface area contributed by atoms with E-state index >= 15 is 0 Å². The molecule has 2 aromatic rings. The molecule has 4 rings (SSSR count). The first-order valence-corrected chi connectivity index (χ1v) is 12.2. The van der Waals surface area contributed by atoms with E-state index in [0.717, 1.165) is 23.0 Å². The predicted molar refractivity (Wildman–Crippen MR) is 118 cm³/mol. The first kappa shape index (κ1) is 22.9. The molecule has 1 N–H and O–H groups in total. The number of benzene rings is 1. The van der Waals surface area contributed by atoms with Crippen LogP contribution < -0.4 is 5.32 Å². The van der Waals surface area contributed by atoms with E-state index in [1.165, 1.54) is 6.07 Å². The van der Waals surface area contributed by atoms with Crippen LogP contribution in [-0.2, 0) is 41.5 Å². The molecule has 1 atom stereocenters. The molecule has 2 aliphatic rings. The topological polar surface area (TPSA) is 68.3 Å². The van der Waals surface area contributed by atoms with Gasteiger partial charge in [0.1, 0.15) is 11.5 Å². The fourth-order valence-electron chi connectivity index (χ4n) is 4.53. The second kappa shape index (κ2) is 9.31. The summed E-state index contributed by atoms with van der Waals surface area (Å²) in [5.41, 5.74) is 2.02. The summed E-state index contributed by atoms with van der Waals surface area (Å²) in [4.78, 5) is 18.7. The number of halogens is 3. The third-order valence-electron chi connectivity index (χ3n) is 6.20. The molecule has 9 heteroatoms. The van der Waals surface area contributed by atoms with Crippen LogP contribution in [-0.4, -0.2) is 44.9 Å². The Hall–Kier alpha value is -2.26. The van der Waals surface area contributed by atoms with Crippen LogP contribution in [0, 0.1) is 5.92 Å². The number of hydrogen-bond acceptors (Lipinski definition) is 4. The maximum atomic E-state index is 13.3. The second-order valence-electron chi connectivity index (χ2n) is 8.55. The van der Waals surface area contributed by atoms with E-state index in [2.05, 4.69) is 10.3 Å². The summed E-state index contributed by atoms with van der Waals surface area (Å²) >= 11 is -0.798. The van der Waals surface area contributed by atoms with E-state index in [1.807, 2.05) is 12.1 Å². The summed E-state index contributed by atoms with van der Waals surface area (Å²) in [5, 5.41) is 3.29. The molecule has 1 unspecified atom stereocenters. The normalized spacial score (nSPS) is 23.0. The minimum atomic E-state index is -4.35. The van der Waals surface area contributed by atoms with Crippen LogP contribution in [0.2, 0.25) is 0 Å². The third-order valence-corrected chi connectivity index (χ3v) is 7.59. The van der Waals surface area contributed by atoms with E-state index in [9.17, 15) is 22.5 Å². The molecule has 2 heterocycles. The van der Waals surface area contributed by atoms with E-state index in [4.69, 9.17) is 0 Å². The molecule has 1 aliphatic heterocycles. The number of pyridine rings is 1. The highest BCUT2D eigenvalue weighted by Crippen LogP contribution is 2.37. The fraction of sp³-hybridized carbons (Fsp3) is 0.478. The molecule has 0 spiro atoms. The lowest BCUT2D eigenvalue weighted by molar-refractivity contribution is -0.138. The van der Waals surface area contributed by atoms with Gasteiger partial charge < -0.3 is 14.8 Å². The van der Waals surface area contributed by atoms with Crippen molar-refractivity contribution in [2.45, 2.75) is 44.4 Å². The van der Waals surface area contributed by atoms with Crippen molar-refractivity contribution in [2.24, 2.45) is 5.92 Å². The predicted octanol–water partition coefficient (Wildman–Crippen LogP) is 3.80. The first-order valence-electron chi connectivity index (χ1n) is 10.7. The van der Waals surface area contributed by atoms with Gasteiger partial charge in [0.2, 0.25) is 5.91 Å². The highest BCUT2D eigenvalue weighted by atomic mass is 32.2. The number of carbonyl (C=O) groups excluding carboxylic acids is 1. The summed E-state index contributed by atoms with van der Waals surface area (Å²) in [6, 6.07) is 7.91. The number of nitrogens with one attached hydrogen (secondary N) is 1. The van der Waals surface area contributed by atoms with Gasteiger partial charge in [-0.2, -0.15) is 13.2 Å². The zero-order valence-corrected chi connectivity index (χ0v) is 18.6. The van der Waals surface area contributed by atoms with Gasteiger partial charge in [0.05, 0.1) is 29.7 Å². The third kappa shape index (κ3) is 5.20. The van der Waals surface area contributed by atoms with Crippen molar-refractivity contribution in [3.05, 3.63) is 58.9 Å². The minimum Gasteiger partial charge on any atom is -0.616 e. The lowest BCUT2D eigenvalue weighted by atomic mass is 10.0. The average molecular weight is 466 g/mol. The van der Waals surface area contributed by atoms with Gasteiger partial charge >= 0.3 is 6.18 Å². The average Bonchev–Trinajstić information content (AvgIpc) is 3.16. The van der Waals surface area contributed by atoms with Crippen LogP contribution in [0.3, 0.4) is 0 Å². The number of nitrogens with zero attached hydrogens (tertiary/aromatic N) is 2. The van der Waals surface area contributed by atoms with Gasteiger partial charge in [0.25, 0.3) is 0 Å². The van der Waals surface area contributed by atoms with Crippen LogP contribution in [0.25, 0.3) is 0 Å². The number of aromatic nitrogens is 1. The zero-order valence-electron chi connectivity index (χ0n) is 17.8. The molecule has 1 saturated heterocycles. The molecule has 0 saturated carbocycles. The van der Waals surface area contributed by atoms with Gasteiger partial charge in [-0.1, -0.05) is 23.3 Å². The number of carbonyl (C=O) groups is 1. The van der Waals surface area contributed by atoms with Crippen LogP contribution in [0.5, 0.6) is 0 Å². The number of alkyl halides is 3. The van der Waals surface area contributed by atoms with Gasteiger partial charge in [-0.25, -0.2) is 0 Å². The lowest BCUT2D eigenvalue weighted by Crippen LogP contribution is -2.37. The number of anilines is 1. The molecule has 0 bridgehead atoms. The van der Waals surface area contributed by atoms with Crippen molar-refractivity contribution >= 4 is 22.8 Å². The Kier molecular flexibility index (Phi) is 6.67. The van der Waals surface area contributed by atoms with E-state index < -0.39 is 22.9 Å². The Bertz CT molecular complexity index is 960. The Balaban J connectivity index is 1.33. The molecule has 0 radical (unpaired) electrons. The van der Waals surface area contributed by atoms with Crippen molar-refractivity contribution in [1.82, 2.24) is 9.88 Å². The molecule has 1 amide bonds. The zero-order chi connectivity index (χ0) is 22.9. The maximum absolute atomic E-state index is 13.3. The van der Waals surface area contributed by atoms with Crippen molar-refractivity contribution < 1.29 is 22.5 Å². The molecule has 172 valence electrons. The van der Waals surface area contributed by atoms with Crippen molar-refractivity contribution in [3.8, 4) is 0 Å². The molecular formula is C23H26F3N3O2S. The SMILES string of the molecule is CN(Cc1ccc(NC2Cc3cccc(C(F)(F)F)c3C2)cn1)C(=O)C1CC[S+]([O-])CC1. The molecule has 1 fully saturated rings. The van der Waals surface area contributed by atoms with Crippen LogP contribution in [0.15, 0.2) is 36.5 Å². The molecule has 32 heavy (non-hydrogen) atoms. The van der Waals surface area contributed by atoms with E-state index in [-0.39, 0.29) is 17.9 Å². The largest absolute Gasteiger partial charge is 0.616 e. The highest BCUT2D eigenvalue weighted by Gasteiger charge is 2.37. The van der Waals surface area contributed by atoms with Crippen LogP contribution in [0.4, 0.5) is 18.9 Å². The Morgan fingerprint density at radius 2 is 1.97 bits per heavy atom. The Morgan fingerprint density at radius 3 is 2.62 bits per heavy atom. The van der Waals surface area contributed by atoms with E-state index in [1.54, 1.807) is 24.2 Å². The van der Waals surface area contributed by atoms with Gasteiger partial charge in [0, 0.05) is 31.8 Å². The number of amides is 1. The summed E-state index contributed by atoms with van der Waals surface area (Å²) in [6.45, 7) is 0.377. The molecule has 5 nitrogen and oxygen atoms in total. The van der Waals surface area contributed by atoms with Gasteiger partial charge in [-0.3, -0.25) is 9.78 Å². The fourth-order valence-corrected chi connectivity index (χ4v) is 5.83. The summed E-state index contributed by atoms with van der Waals surface area (Å²) in [7, 11) is 1.75. The number of fused-ring (bicyclic) bond motifs is 1. The molecule has 1 aliphatic carbocycles. The first-order chi connectivity index (χ1) is 15.2. The smallest absolute Gasteiger partial charge is 0.416 e. The van der Waals surface area contributed by atoms with Gasteiger partial charge in [-0.05, 0) is 42.2 Å². The highest BCUT2D eigenvalue weighted by molar-refractivity contribution is 7.91. The molecule has 1 aromatic heterocycles. The lowest BCUT2D eigenvalue weighted by Gasteiger charge is -2.27. The van der Waals surface area contributed by atoms with Crippen molar-refractivity contribution in [1.29, 1.82) is 0 Å². The molecule has 1 aromatic carbocycles. The Morgan fingerprint density at radius 1 is 1.22 bits per heavy atom. The number of hydrogen-bond donors (Lipinski definition) is 1. The van der Waals surface area contributed by atoms with E-state index in [0.29, 0.717) is 49.3 Å². The maximum Gasteiger partial charge on any atom is 0.416 e. The minimum absolute atomic E-state index is 0.0508. The summed E-state index contributed by atoms with van der Waals surface area (Å²) in [6.07, 6.45) is -0.523. The van der Waals surface area contributed by atoms with Crippen LogP contribution >= 0.6 is 0 Å².